The summed E-state index contributed by atoms with van der Waals surface area (Å²) in [5.41, 5.74) is 2.70. The van der Waals surface area contributed by atoms with Crippen molar-refractivity contribution in [3.05, 3.63) is 101 Å². The van der Waals surface area contributed by atoms with Gasteiger partial charge in [0.25, 0.3) is 5.91 Å². The standard InChI is InChI=1S/C21H18ClNO2/c22-19-10-6-16(7-11-19)14-23-21(24)18-8-12-20(13-9-18)25-15-17-4-2-1-3-5-17/h1-13H,14-15H2,(H,23,24). The highest BCUT2D eigenvalue weighted by molar-refractivity contribution is 6.30. The summed E-state index contributed by atoms with van der Waals surface area (Å²) in [6.07, 6.45) is 0. The van der Waals surface area contributed by atoms with E-state index in [0.717, 1.165) is 16.9 Å². The Balaban J connectivity index is 1.52. The van der Waals surface area contributed by atoms with E-state index in [-0.39, 0.29) is 5.91 Å². The predicted molar refractivity (Wildman–Crippen MR) is 99.8 cm³/mol. The molecule has 1 amide bonds. The smallest absolute Gasteiger partial charge is 0.251 e. The van der Waals surface area contributed by atoms with Crippen molar-refractivity contribution in [3.63, 3.8) is 0 Å². The second kappa shape index (κ2) is 8.36. The second-order valence-electron chi connectivity index (χ2n) is 5.61. The van der Waals surface area contributed by atoms with Gasteiger partial charge >= 0.3 is 0 Å². The van der Waals surface area contributed by atoms with Crippen molar-refractivity contribution in [2.45, 2.75) is 13.2 Å². The van der Waals surface area contributed by atoms with Crippen LogP contribution in [0.25, 0.3) is 0 Å². The normalized spacial score (nSPS) is 10.3. The van der Waals surface area contributed by atoms with Crippen LogP contribution in [-0.4, -0.2) is 5.91 Å². The molecule has 0 heterocycles. The number of ether oxygens (including phenoxy) is 1. The van der Waals surface area contributed by atoms with Gasteiger partial charge in [-0.1, -0.05) is 54.1 Å². The van der Waals surface area contributed by atoms with Crippen LogP contribution >= 0.6 is 11.6 Å². The van der Waals surface area contributed by atoms with E-state index in [0.29, 0.717) is 23.7 Å². The fraction of sp³-hybridized carbons (Fsp3) is 0.0952. The Morgan fingerprint density at radius 2 is 1.52 bits per heavy atom. The summed E-state index contributed by atoms with van der Waals surface area (Å²) in [6.45, 7) is 0.964. The molecule has 0 radical (unpaired) electrons. The Morgan fingerprint density at radius 3 is 2.20 bits per heavy atom. The molecule has 0 aromatic heterocycles. The maximum Gasteiger partial charge on any atom is 0.251 e. The number of carbonyl (C=O) groups excluding carboxylic acids is 1. The van der Waals surface area contributed by atoms with E-state index in [1.807, 2.05) is 54.6 Å². The Bertz CT molecular complexity index is 815. The first kappa shape index (κ1) is 17.1. The monoisotopic (exact) mass is 351 g/mol. The maximum absolute atomic E-state index is 12.2. The predicted octanol–water partition coefficient (Wildman–Crippen LogP) is 4.85. The van der Waals surface area contributed by atoms with Crippen molar-refractivity contribution >= 4 is 17.5 Å². The van der Waals surface area contributed by atoms with Gasteiger partial charge in [-0.3, -0.25) is 4.79 Å². The number of benzene rings is 3. The van der Waals surface area contributed by atoms with Gasteiger partial charge in [0.1, 0.15) is 12.4 Å². The molecule has 25 heavy (non-hydrogen) atoms. The Hall–Kier alpha value is -2.78. The largest absolute Gasteiger partial charge is 0.489 e. The van der Waals surface area contributed by atoms with Crippen molar-refractivity contribution in [2.75, 3.05) is 0 Å². The molecule has 0 atom stereocenters. The number of hydrogen-bond acceptors (Lipinski definition) is 2. The molecule has 0 saturated carbocycles. The van der Waals surface area contributed by atoms with E-state index < -0.39 is 0 Å². The molecule has 0 fully saturated rings. The summed E-state index contributed by atoms with van der Waals surface area (Å²) >= 11 is 5.85. The van der Waals surface area contributed by atoms with E-state index in [9.17, 15) is 4.79 Å². The van der Waals surface area contributed by atoms with Crippen LogP contribution in [0.5, 0.6) is 5.75 Å². The molecule has 0 saturated heterocycles. The van der Waals surface area contributed by atoms with Gasteiger partial charge in [0.05, 0.1) is 0 Å². The van der Waals surface area contributed by atoms with E-state index in [2.05, 4.69) is 5.32 Å². The molecule has 3 rings (SSSR count). The van der Waals surface area contributed by atoms with Crippen molar-refractivity contribution in [2.24, 2.45) is 0 Å². The van der Waals surface area contributed by atoms with Crippen LogP contribution in [0.4, 0.5) is 0 Å². The van der Waals surface area contributed by atoms with Gasteiger partial charge in [-0.2, -0.15) is 0 Å². The first-order valence-corrected chi connectivity index (χ1v) is 8.38. The van der Waals surface area contributed by atoms with Crippen molar-refractivity contribution in [1.29, 1.82) is 0 Å². The lowest BCUT2D eigenvalue weighted by atomic mass is 10.2. The zero-order chi connectivity index (χ0) is 17.5. The molecule has 3 aromatic rings. The molecule has 0 unspecified atom stereocenters. The molecule has 0 aliphatic carbocycles. The minimum absolute atomic E-state index is 0.121. The third kappa shape index (κ3) is 5.10. The first-order valence-electron chi connectivity index (χ1n) is 8.00. The number of hydrogen-bond donors (Lipinski definition) is 1. The quantitative estimate of drug-likeness (QED) is 0.689. The minimum atomic E-state index is -0.121. The Kier molecular flexibility index (Phi) is 5.70. The zero-order valence-corrected chi connectivity index (χ0v) is 14.4. The third-order valence-corrected chi connectivity index (χ3v) is 3.98. The van der Waals surface area contributed by atoms with Gasteiger partial charge in [-0.05, 0) is 47.5 Å². The molecule has 3 nitrogen and oxygen atoms in total. The van der Waals surface area contributed by atoms with Crippen molar-refractivity contribution in [3.8, 4) is 5.75 Å². The van der Waals surface area contributed by atoms with Crippen LogP contribution in [0.15, 0.2) is 78.9 Å². The molecular weight excluding hydrogens is 334 g/mol. The molecule has 0 bridgehead atoms. The van der Waals surface area contributed by atoms with E-state index in [4.69, 9.17) is 16.3 Å². The number of rotatable bonds is 6. The van der Waals surface area contributed by atoms with Gasteiger partial charge in [0, 0.05) is 17.1 Å². The van der Waals surface area contributed by atoms with Gasteiger partial charge in [-0.15, -0.1) is 0 Å². The lowest BCUT2D eigenvalue weighted by Gasteiger charge is -2.08. The molecule has 0 spiro atoms. The van der Waals surface area contributed by atoms with Crippen LogP contribution < -0.4 is 10.1 Å². The summed E-state index contributed by atoms with van der Waals surface area (Å²) in [5, 5.41) is 3.57. The molecule has 0 aliphatic rings. The number of carbonyl (C=O) groups is 1. The summed E-state index contributed by atoms with van der Waals surface area (Å²) in [7, 11) is 0. The second-order valence-corrected chi connectivity index (χ2v) is 6.04. The van der Waals surface area contributed by atoms with Gasteiger partial charge in [0.15, 0.2) is 0 Å². The first-order chi connectivity index (χ1) is 12.2. The average molecular weight is 352 g/mol. The van der Waals surface area contributed by atoms with Crippen LogP contribution in [0.2, 0.25) is 5.02 Å². The van der Waals surface area contributed by atoms with Gasteiger partial charge in [-0.25, -0.2) is 0 Å². The summed E-state index contributed by atoms with van der Waals surface area (Å²) in [6, 6.07) is 24.5. The highest BCUT2D eigenvalue weighted by atomic mass is 35.5. The SMILES string of the molecule is O=C(NCc1ccc(Cl)cc1)c1ccc(OCc2ccccc2)cc1. The maximum atomic E-state index is 12.2. The average Bonchev–Trinajstić information content (AvgIpc) is 2.67. The molecule has 4 heteroatoms. The number of nitrogens with one attached hydrogen (secondary N) is 1. The van der Waals surface area contributed by atoms with Gasteiger partial charge < -0.3 is 10.1 Å². The highest BCUT2D eigenvalue weighted by Crippen LogP contribution is 2.15. The van der Waals surface area contributed by atoms with Crippen LogP contribution in [-0.2, 0) is 13.2 Å². The van der Waals surface area contributed by atoms with Crippen molar-refractivity contribution in [1.82, 2.24) is 5.32 Å². The number of amides is 1. The lowest BCUT2D eigenvalue weighted by molar-refractivity contribution is 0.0951. The van der Waals surface area contributed by atoms with Gasteiger partial charge in [0.2, 0.25) is 0 Å². The Labute approximate surface area is 152 Å². The fourth-order valence-electron chi connectivity index (χ4n) is 2.33. The lowest BCUT2D eigenvalue weighted by Crippen LogP contribution is -2.22. The van der Waals surface area contributed by atoms with Crippen LogP contribution in [0, 0.1) is 0 Å². The topological polar surface area (TPSA) is 38.3 Å². The molecule has 126 valence electrons. The fourth-order valence-corrected chi connectivity index (χ4v) is 2.46. The molecule has 0 aliphatic heterocycles. The summed E-state index contributed by atoms with van der Waals surface area (Å²) < 4.78 is 5.72. The Morgan fingerprint density at radius 1 is 0.840 bits per heavy atom. The van der Waals surface area contributed by atoms with Crippen molar-refractivity contribution < 1.29 is 9.53 Å². The minimum Gasteiger partial charge on any atom is -0.489 e. The molecular formula is C21H18ClNO2. The molecule has 3 aromatic carbocycles. The molecule has 1 N–H and O–H groups in total. The van der Waals surface area contributed by atoms with E-state index in [1.165, 1.54) is 0 Å². The van der Waals surface area contributed by atoms with Crippen LogP contribution in [0.3, 0.4) is 0 Å². The van der Waals surface area contributed by atoms with Crippen LogP contribution in [0.1, 0.15) is 21.5 Å². The highest BCUT2D eigenvalue weighted by Gasteiger charge is 2.06. The summed E-state index contributed by atoms with van der Waals surface area (Å²) in [4.78, 5) is 12.2. The van der Waals surface area contributed by atoms with E-state index >= 15 is 0 Å². The summed E-state index contributed by atoms with van der Waals surface area (Å²) in [5.74, 6) is 0.614. The number of halogens is 1. The zero-order valence-electron chi connectivity index (χ0n) is 13.6. The third-order valence-electron chi connectivity index (χ3n) is 3.73. The van der Waals surface area contributed by atoms with E-state index in [1.54, 1.807) is 24.3 Å².